The van der Waals surface area contributed by atoms with Crippen molar-refractivity contribution in [2.24, 2.45) is 0 Å². The van der Waals surface area contributed by atoms with Crippen molar-refractivity contribution < 1.29 is 9.21 Å². The summed E-state index contributed by atoms with van der Waals surface area (Å²) in [5.74, 6) is 1.89. The number of aromatic nitrogens is 1. The second-order valence-corrected chi connectivity index (χ2v) is 6.25. The molecule has 0 aliphatic carbocycles. The predicted octanol–water partition coefficient (Wildman–Crippen LogP) is 2.57. The lowest BCUT2D eigenvalue weighted by atomic mass is 10.1. The number of hydrogen-bond acceptors (Lipinski definition) is 4. The van der Waals surface area contributed by atoms with Gasteiger partial charge in [0.15, 0.2) is 0 Å². The molecule has 1 atom stereocenters. The van der Waals surface area contributed by atoms with Crippen molar-refractivity contribution in [3.63, 3.8) is 0 Å². The normalized spacial score (nSPS) is 16.6. The minimum absolute atomic E-state index is 0.0322. The van der Waals surface area contributed by atoms with Gasteiger partial charge in [-0.3, -0.25) is 0 Å². The van der Waals surface area contributed by atoms with E-state index in [1.165, 1.54) is 0 Å². The van der Waals surface area contributed by atoms with Crippen LogP contribution in [-0.2, 0) is 6.42 Å². The van der Waals surface area contributed by atoms with Crippen molar-refractivity contribution >= 4 is 11.8 Å². The van der Waals surface area contributed by atoms with Crippen LogP contribution in [0.15, 0.2) is 47.2 Å². The number of nitrogens with zero attached hydrogens (tertiary/aromatic N) is 2. The Hall–Kier alpha value is -2.50. The molecule has 2 aromatic heterocycles. The summed E-state index contributed by atoms with van der Waals surface area (Å²) in [5, 5.41) is 6.05. The number of carbonyl (C=O) groups is 1. The highest BCUT2D eigenvalue weighted by Gasteiger charge is 2.21. The Labute approximate surface area is 142 Å². The first-order valence-electron chi connectivity index (χ1n) is 8.46. The van der Waals surface area contributed by atoms with Crippen LogP contribution in [0.1, 0.15) is 25.5 Å². The third-order valence-electron chi connectivity index (χ3n) is 4.27. The molecule has 3 heterocycles. The number of anilines is 1. The van der Waals surface area contributed by atoms with Gasteiger partial charge in [-0.05, 0) is 44.0 Å². The molecule has 6 heteroatoms. The number of furan rings is 1. The Balaban J connectivity index is 1.40. The molecule has 3 rings (SSSR count). The molecule has 1 unspecified atom stereocenters. The first-order chi connectivity index (χ1) is 11.7. The molecule has 2 aromatic rings. The molecule has 2 N–H and O–H groups in total. The summed E-state index contributed by atoms with van der Waals surface area (Å²) >= 11 is 0. The highest BCUT2D eigenvalue weighted by atomic mass is 16.3. The highest BCUT2D eigenvalue weighted by Crippen LogP contribution is 2.17. The number of carbonyl (C=O) groups excluding carboxylic acids is 1. The topological polar surface area (TPSA) is 70.4 Å². The summed E-state index contributed by atoms with van der Waals surface area (Å²) < 4.78 is 5.31. The maximum absolute atomic E-state index is 12.1. The molecule has 1 aliphatic rings. The molecule has 1 aliphatic heterocycles. The number of pyridine rings is 1. The summed E-state index contributed by atoms with van der Waals surface area (Å²) in [6, 6.07) is 9.86. The van der Waals surface area contributed by atoms with Crippen LogP contribution < -0.4 is 15.5 Å². The van der Waals surface area contributed by atoms with Gasteiger partial charge < -0.3 is 20.0 Å². The van der Waals surface area contributed by atoms with E-state index in [1.807, 2.05) is 43.5 Å². The quantitative estimate of drug-likeness (QED) is 0.885. The molecule has 6 nitrogen and oxygen atoms in total. The number of piperidine rings is 1. The zero-order valence-electron chi connectivity index (χ0n) is 13.9. The van der Waals surface area contributed by atoms with E-state index >= 15 is 0 Å². The third kappa shape index (κ3) is 4.50. The molecule has 0 saturated carbocycles. The standard InChI is InChI=1S/C18H24N4O2/c1-14(13-16-5-4-12-24-16)20-18(23)21-15-7-10-22(11-8-15)17-6-2-3-9-19-17/h2-6,9,12,14-15H,7-8,10-11,13H2,1H3,(H2,20,21,23). The monoisotopic (exact) mass is 328 g/mol. The van der Waals surface area contributed by atoms with Gasteiger partial charge in [0.1, 0.15) is 11.6 Å². The van der Waals surface area contributed by atoms with Crippen molar-refractivity contribution in [3.05, 3.63) is 48.6 Å². The largest absolute Gasteiger partial charge is 0.469 e. The molecule has 0 spiro atoms. The van der Waals surface area contributed by atoms with Crippen molar-refractivity contribution in [2.45, 2.75) is 38.3 Å². The van der Waals surface area contributed by atoms with Gasteiger partial charge >= 0.3 is 6.03 Å². The highest BCUT2D eigenvalue weighted by molar-refractivity contribution is 5.74. The lowest BCUT2D eigenvalue weighted by Crippen LogP contribution is -2.50. The fourth-order valence-electron chi connectivity index (χ4n) is 3.03. The average Bonchev–Trinajstić information content (AvgIpc) is 3.09. The third-order valence-corrected chi connectivity index (χ3v) is 4.27. The molecular formula is C18H24N4O2. The van der Waals surface area contributed by atoms with Crippen LogP contribution in [-0.4, -0.2) is 36.2 Å². The Morgan fingerprint density at radius 3 is 2.83 bits per heavy atom. The van der Waals surface area contributed by atoms with Crippen molar-refractivity contribution in [2.75, 3.05) is 18.0 Å². The summed E-state index contributed by atoms with van der Waals surface area (Å²) in [6.45, 7) is 3.79. The van der Waals surface area contributed by atoms with Crippen LogP contribution in [0.25, 0.3) is 0 Å². The zero-order valence-corrected chi connectivity index (χ0v) is 13.9. The van der Waals surface area contributed by atoms with E-state index in [2.05, 4.69) is 20.5 Å². The van der Waals surface area contributed by atoms with E-state index in [0.29, 0.717) is 6.42 Å². The molecule has 128 valence electrons. The first kappa shape index (κ1) is 16.4. The molecule has 1 saturated heterocycles. The minimum Gasteiger partial charge on any atom is -0.469 e. The number of amides is 2. The zero-order chi connectivity index (χ0) is 16.8. The van der Waals surface area contributed by atoms with E-state index in [1.54, 1.807) is 6.26 Å². The number of hydrogen-bond donors (Lipinski definition) is 2. The molecule has 1 fully saturated rings. The van der Waals surface area contributed by atoms with Gasteiger partial charge in [-0.25, -0.2) is 9.78 Å². The van der Waals surface area contributed by atoms with E-state index < -0.39 is 0 Å². The lowest BCUT2D eigenvalue weighted by Gasteiger charge is -2.33. The molecule has 2 amide bonds. The fraction of sp³-hybridized carbons (Fsp3) is 0.444. The second-order valence-electron chi connectivity index (χ2n) is 6.25. The van der Waals surface area contributed by atoms with Crippen LogP contribution in [0, 0.1) is 0 Å². The number of nitrogens with one attached hydrogen (secondary N) is 2. The van der Waals surface area contributed by atoms with E-state index in [9.17, 15) is 4.79 Å². The van der Waals surface area contributed by atoms with Gasteiger partial charge in [-0.15, -0.1) is 0 Å². The maximum Gasteiger partial charge on any atom is 0.315 e. The van der Waals surface area contributed by atoms with Gasteiger partial charge in [0.2, 0.25) is 0 Å². The van der Waals surface area contributed by atoms with Crippen molar-refractivity contribution in [3.8, 4) is 0 Å². The summed E-state index contributed by atoms with van der Waals surface area (Å²) in [4.78, 5) is 18.8. The van der Waals surface area contributed by atoms with Gasteiger partial charge in [0.05, 0.1) is 6.26 Å². The van der Waals surface area contributed by atoms with Crippen LogP contribution in [0.2, 0.25) is 0 Å². The smallest absolute Gasteiger partial charge is 0.315 e. The lowest BCUT2D eigenvalue weighted by molar-refractivity contribution is 0.231. The van der Waals surface area contributed by atoms with Crippen LogP contribution >= 0.6 is 0 Å². The van der Waals surface area contributed by atoms with E-state index in [4.69, 9.17) is 4.42 Å². The van der Waals surface area contributed by atoms with Crippen molar-refractivity contribution in [1.82, 2.24) is 15.6 Å². The summed E-state index contributed by atoms with van der Waals surface area (Å²) in [5.41, 5.74) is 0. The molecular weight excluding hydrogens is 304 g/mol. The van der Waals surface area contributed by atoms with Gasteiger partial charge in [-0.2, -0.15) is 0 Å². The first-order valence-corrected chi connectivity index (χ1v) is 8.46. The SMILES string of the molecule is CC(Cc1ccco1)NC(=O)NC1CCN(c2ccccn2)CC1. The second kappa shape index (κ2) is 7.86. The van der Waals surface area contributed by atoms with Gasteiger partial charge in [0.25, 0.3) is 0 Å². The average molecular weight is 328 g/mol. The van der Waals surface area contributed by atoms with Crippen LogP contribution in [0.3, 0.4) is 0 Å². The minimum atomic E-state index is -0.106. The Morgan fingerprint density at radius 2 is 2.17 bits per heavy atom. The Morgan fingerprint density at radius 1 is 1.33 bits per heavy atom. The Kier molecular flexibility index (Phi) is 5.36. The van der Waals surface area contributed by atoms with E-state index in [-0.39, 0.29) is 18.1 Å². The Bertz CT molecular complexity index is 622. The van der Waals surface area contributed by atoms with Crippen LogP contribution in [0.4, 0.5) is 10.6 Å². The fourth-order valence-corrected chi connectivity index (χ4v) is 3.03. The van der Waals surface area contributed by atoms with Crippen LogP contribution in [0.5, 0.6) is 0 Å². The molecule has 24 heavy (non-hydrogen) atoms. The van der Waals surface area contributed by atoms with Gasteiger partial charge in [-0.1, -0.05) is 6.07 Å². The van der Waals surface area contributed by atoms with E-state index in [0.717, 1.165) is 37.5 Å². The number of rotatable bonds is 5. The molecule has 0 radical (unpaired) electrons. The maximum atomic E-state index is 12.1. The summed E-state index contributed by atoms with van der Waals surface area (Å²) in [6.07, 6.45) is 6.01. The number of urea groups is 1. The molecule has 0 aromatic carbocycles. The summed E-state index contributed by atoms with van der Waals surface area (Å²) in [7, 11) is 0. The van der Waals surface area contributed by atoms with Gasteiger partial charge in [0, 0.05) is 37.8 Å². The predicted molar refractivity (Wildman–Crippen MR) is 93.0 cm³/mol. The molecule has 0 bridgehead atoms. The van der Waals surface area contributed by atoms with Crippen molar-refractivity contribution in [1.29, 1.82) is 0 Å².